The van der Waals surface area contributed by atoms with Gasteiger partial charge >= 0.3 is 6.16 Å². The summed E-state index contributed by atoms with van der Waals surface area (Å²) in [4.78, 5) is 11.2. The maximum Gasteiger partial charge on any atom is 0.508 e. The van der Waals surface area contributed by atoms with Crippen LogP contribution < -0.4 is 0 Å². The zero-order valence-electron chi connectivity index (χ0n) is 11.7. The highest BCUT2D eigenvalue weighted by molar-refractivity contribution is 7.85. The molecule has 0 heterocycles. The molecule has 0 aromatic heterocycles. The number of carbonyl (C=O) groups excluding carboxylic acids is 1. The van der Waals surface area contributed by atoms with Gasteiger partial charge in [-0.25, -0.2) is 4.79 Å². The van der Waals surface area contributed by atoms with E-state index < -0.39 is 16.3 Å². The van der Waals surface area contributed by atoms with Gasteiger partial charge in [0.25, 0.3) is 10.1 Å². The molecule has 21 heavy (non-hydrogen) atoms. The highest BCUT2D eigenvalue weighted by Crippen LogP contribution is 2.01. The Labute approximate surface area is 123 Å². The zero-order valence-corrected chi connectivity index (χ0v) is 12.5. The third-order valence-electron chi connectivity index (χ3n) is 2.17. The molecule has 0 bridgehead atoms. The molecule has 1 rings (SSSR count). The van der Waals surface area contributed by atoms with Gasteiger partial charge in [0.1, 0.15) is 13.2 Å². The molecule has 7 nitrogen and oxygen atoms in total. The molecule has 0 saturated carbocycles. The van der Waals surface area contributed by atoms with E-state index in [4.69, 9.17) is 14.2 Å². The molecule has 0 atom stereocenters. The highest BCUT2D eigenvalue weighted by Gasteiger charge is 2.04. The van der Waals surface area contributed by atoms with E-state index >= 15 is 0 Å². The average molecular weight is 318 g/mol. The van der Waals surface area contributed by atoms with Gasteiger partial charge in [0, 0.05) is 0 Å². The molecule has 0 fully saturated rings. The maximum absolute atomic E-state index is 11.2. The van der Waals surface area contributed by atoms with E-state index in [1.807, 2.05) is 30.3 Å². The summed E-state index contributed by atoms with van der Waals surface area (Å²) in [5.74, 6) is 0. The van der Waals surface area contributed by atoms with Crippen molar-refractivity contribution in [3.8, 4) is 0 Å². The molecule has 1 aromatic carbocycles. The van der Waals surface area contributed by atoms with Gasteiger partial charge in [0.05, 0.1) is 26.1 Å². The standard InChI is InChI=1S/C13H18O7S/c1-21(15,16)20-10-8-17-7-9-18-13(14)19-11-12-5-3-2-4-6-12/h2-6H,7-11H2,1H3. The second-order valence-electron chi connectivity index (χ2n) is 4.01. The lowest BCUT2D eigenvalue weighted by atomic mass is 10.2. The van der Waals surface area contributed by atoms with Gasteiger partial charge in [-0.3, -0.25) is 4.18 Å². The number of benzene rings is 1. The van der Waals surface area contributed by atoms with Crippen molar-refractivity contribution >= 4 is 16.3 Å². The lowest BCUT2D eigenvalue weighted by Crippen LogP contribution is -2.14. The summed E-state index contributed by atoms with van der Waals surface area (Å²) in [6.45, 7) is 0.315. The van der Waals surface area contributed by atoms with Crippen molar-refractivity contribution in [1.82, 2.24) is 0 Å². The first-order valence-electron chi connectivity index (χ1n) is 6.23. The van der Waals surface area contributed by atoms with Crippen molar-refractivity contribution in [1.29, 1.82) is 0 Å². The molecule has 0 saturated heterocycles. The second kappa shape index (κ2) is 9.32. The maximum atomic E-state index is 11.2. The summed E-state index contributed by atoms with van der Waals surface area (Å²) in [5.41, 5.74) is 0.864. The van der Waals surface area contributed by atoms with Gasteiger partial charge in [-0.1, -0.05) is 30.3 Å². The first kappa shape index (κ1) is 17.4. The lowest BCUT2D eigenvalue weighted by molar-refractivity contribution is 0.0192. The molecule has 0 aliphatic heterocycles. The summed E-state index contributed by atoms with van der Waals surface area (Å²) in [7, 11) is -3.45. The summed E-state index contributed by atoms with van der Waals surface area (Å²) in [5, 5.41) is 0. The van der Waals surface area contributed by atoms with Crippen LogP contribution in [0.4, 0.5) is 4.79 Å². The Balaban J connectivity index is 1.99. The summed E-state index contributed by atoms with van der Waals surface area (Å²) in [6.07, 6.45) is 0.175. The molecule has 0 aliphatic rings. The predicted octanol–water partition coefficient (Wildman–Crippen LogP) is 1.33. The first-order valence-corrected chi connectivity index (χ1v) is 8.04. The van der Waals surface area contributed by atoms with Gasteiger partial charge < -0.3 is 14.2 Å². The fraction of sp³-hybridized carbons (Fsp3) is 0.462. The number of carbonyl (C=O) groups is 1. The molecule has 0 N–H and O–H groups in total. The van der Waals surface area contributed by atoms with Crippen molar-refractivity contribution in [2.45, 2.75) is 6.61 Å². The van der Waals surface area contributed by atoms with Gasteiger partial charge in [-0.2, -0.15) is 8.42 Å². The molecule has 118 valence electrons. The Kier molecular flexibility index (Phi) is 7.73. The minimum absolute atomic E-state index is 0.0203. The topological polar surface area (TPSA) is 88.1 Å². The Morgan fingerprint density at radius 1 is 1.00 bits per heavy atom. The Morgan fingerprint density at radius 3 is 2.33 bits per heavy atom. The minimum atomic E-state index is -3.45. The molecule has 1 aromatic rings. The SMILES string of the molecule is CS(=O)(=O)OCCOCCOC(=O)OCc1ccccc1. The Hall–Kier alpha value is -1.64. The normalized spacial score (nSPS) is 11.1. The van der Waals surface area contributed by atoms with Crippen LogP contribution in [0.2, 0.25) is 0 Å². The number of hydrogen-bond donors (Lipinski definition) is 0. The van der Waals surface area contributed by atoms with Crippen LogP contribution in [-0.4, -0.2) is 47.3 Å². The van der Waals surface area contributed by atoms with Gasteiger partial charge in [0.15, 0.2) is 0 Å². The molecule has 0 spiro atoms. The van der Waals surface area contributed by atoms with Gasteiger partial charge in [-0.15, -0.1) is 0 Å². The molecule has 0 radical (unpaired) electrons. The Bertz CT molecular complexity index is 513. The van der Waals surface area contributed by atoms with E-state index in [1.165, 1.54) is 0 Å². The van der Waals surface area contributed by atoms with E-state index in [2.05, 4.69) is 4.18 Å². The van der Waals surface area contributed by atoms with Crippen LogP contribution in [0.15, 0.2) is 30.3 Å². The van der Waals surface area contributed by atoms with Crippen LogP contribution in [0.25, 0.3) is 0 Å². The van der Waals surface area contributed by atoms with Crippen LogP contribution in [-0.2, 0) is 35.1 Å². The lowest BCUT2D eigenvalue weighted by Gasteiger charge is -2.07. The molecular weight excluding hydrogens is 300 g/mol. The average Bonchev–Trinajstić information content (AvgIpc) is 2.44. The smallest absolute Gasteiger partial charge is 0.432 e. The van der Waals surface area contributed by atoms with Gasteiger partial charge in [-0.05, 0) is 5.56 Å². The van der Waals surface area contributed by atoms with Crippen LogP contribution >= 0.6 is 0 Å². The predicted molar refractivity (Wildman–Crippen MR) is 74.2 cm³/mol. The summed E-state index contributed by atoms with van der Waals surface area (Å²) < 4.78 is 40.4. The van der Waals surface area contributed by atoms with Crippen molar-refractivity contribution in [3.05, 3.63) is 35.9 Å². The van der Waals surface area contributed by atoms with Crippen LogP contribution in [0, 0.1) is 0 Å². The molecule has 0 aliphatic carbocycles. The summed E-state index contributed by atoms with van der Waals surface area (Å²) >= 11 is 0. The van der Waals surface area contributed by atoms with Crippen molar-refractivity contribution in [2.75, 3.05) is 32.7 Å². The quantitative estimate of drug-likeness (QED) is 0.385. The van der Waals surface area contributed by atoms with Crippen molar-refractivity contribution in [2.24, 2.45) is 0 Å². The third-order valence-corrected chi connectivity index (χ3v) is 2.77. The van der Waals surface area contributed by atoms with Crippen LogP contribution in [0.5, 0.6) is 0 Å². The van der Waals surface area contributed by atoms with E-state index in [0.717, 1.165) is 11.8 Å². The fourth-order valence-electron chi connectivity index (χ4n) is 1.29. The molecule has 8 heteroatoms. The molecule has 0 unspecified atom stereocenters. The van der Waals surface area contributed by atoms with Gasteiger partial charge in [0.2, 0.25) is 0 Å². The van der Waals surface area contributed by atoms with E-state index in [9.17, 15) is 13.2 Å². The largest absolute Gasteiger partial charge is 0.508 e. The summed E-state index contributed by atoms with van der Waals surface area (Å²) in [6, 6.07) is 9.22. The number of ether oxygens (including phenoxy) is 3. The van der Waals surface area contributed by atoms with E-state index in [-0.39, 0.29) is 33.0 Å². The number of rotatable bonds is 9. The first-order chi connectivity index (χ1) is 9.97. The number of hydrogen-bond acceptors (Lipinski definition) is 7. The van der Waals surface area contributed by atoms with E-state index in [1.54, 1.807) is 0 Å². The van der Waals surface area contributed by atoms with Crippen LogP contribution in [0.1, 0.15) is 5.56 Å². The highest BCUT2D eigenvalue weighted by atomic mass is 32.2. The molecular formula is C13H18O7S. The third kappa shape index (κ3) is 9.83. The van der Waals surface area contributed by atoms with Crippen molar-refractivity contribution in [3.63, 3.8) is 0 Å². The Morgan fingerprint density at radius 2 is 1.67 bits per heavy atom. The van der Waals surface area contributed by atoms with E-state index in [0.29, 0.717) is 0 Å². The molecule has 0 amide bonds. The van der Waals surface area contributed by atoms with Crippen LogP contribution in [0.3, 0.4) is 0 Å². The second-order valence-corrected chi connectivity index (χ2v) is 5.66. The monoisotopic (exact) mass is 318 g/mol. The fourth-order valence-corrected chi connectivity index (χ4v) is 1.66. The van der Waals surface area contributed by atoms with Crippen molar-refractivity contribution < 1.29 is 31.6 Å². The zero-order chi connectivity index (χ0) is 15.6. The minimum Gasteiger partial charge on any atom is -0.432 e.